The summed E-state index contributed by atoms with van der Waals surface area (Å²) >= 11 is 0. The molecule has 6 rings (SSSR count). The normalized spacial score (nSPS) is 9.83. The summed E-state index contributed by atoms with van der Waals surface area (Å²) in [7, 11) is 0. The van der Waals surface area contributed by atoms with Crippen LogP contribution in [0.2, 0.25) is 0 Å². The monoisotopic (exact) mass is 784 g/mol. The number of para-hydroxylation sites is 2. The second kappa shape index (κ2) is 19.8. The number of nitrogens with zero attached hydrogens (tertiary/aromatic N) is 1. The Balaban J connectivity index is 0.000000329. The number of phenolic OH excluding ortho intramolecular Hbond substituents is 1. The maximum atomic E-state index is 11.1. The zero-order valence-electron chi connectivity index (χ0n) is 27.3. The van der Waals surface area contributed by atoms with Crippen LogP contribution in [0, 0.1) is 27.7 Å². The number of hydrogen-bond donors (Lipinski definition) is 1. The van der Waals surface area contributed by atoms with Gasteiger partial charge in [0, 0.05) is 42.5 Å². The van der Waals surface area contributed by atoms with Crippen LogP contribution in [0.5, 0.6) is 11.5 Å². The summed E-state index contributed by atoms with van der Waals surface area (Å²) < 4.78 is 6.14. The summed E-state index contributed by atoms with van der Waals surface area (Å²) in [6, 6.07) is 49.8. The van der Waals surface area contributed by atoms with Crippen molar-refractivity contribution in [2.45, 2.75) is 20.3 Å². The van der Waals surface area contributed by atoms with E-state index >= 15 is 0 Å². The van der Waals surface area contributed by atoms with E-state index in [0.29, 0.717) is 13.2 Å². The summed E-state index contributed by atoms with van der Waals surface area (Å²) in [5.74, 6) is 1.04. The van der Waals surface area contributed by atoms with Gasteiger partial charge in [0.15, 0.2) is 0 Å². The fourth-order valence-electron chi connectivity index (χ4n) is 4.73. The molecule has 0 radical (unpaired) electrons. The van der Waals surface area contributed by atoms with Crippen LogP contribution in [-0.4, -0.2) is 18.3 Å². The molecular weight excluding hydrogens is 741 g/mol. The topological polar surface area (TPSA) is 43.6 Å². The average molecular weight is 783 g/mol. The van der Waals surface area contributed by atoms with E-state index in [2.05, 4.69) is 38.2 Å². The van der Waals surface area contributed by atoms with E-state index in [1.807, 2.05) is 146 Å². The van der Waals surface area contributed by atoms with Crippen LogP contribution in [0.25, 0.3) is 27.6 Å². The van der Waals surface area contributed by atoms with Crippen molar-refractivity contribution in [3.8, 4) is 33.8 Å². The molecule has 0 spiro atoms. The summed E-state index contributed by atoms with van der Waals surface area (Å²) in [6.07, 6.45) is 0.817. The van der Waals surface area contributed by atoms with Crippen molar-refractivity contribution < 1.29 is 35.7 Å². The van der Waals surface area contributed by atoms with Crippen molar-refractivity contribution in [2.24, 2.45) is 0 Å². The number of phenols is 1. The van der Waals surface area contributed by atoms with Gasteiger partial charge in [0.05, 0.1) is 6.61 Å². The molecule has 47 heavy (non-hydrogen) atoms. The van der Waals surface area contributed by atoms with E-state index < -0.39 is 0 Å². The molecule has 6 aromatic rings. The summed E-state index contributed by atoms with van der Waals surface area (Å²) in [5, 5.41) is 15.8. The molecule has 0 saturated heterocycles. The molecule has 6 aromatic carbocycles. The first-order valence-corrected chi connectivity index (χ1v) is 15.5. The van der Waals surface area contributed by atoms with Crippen molar-refractivity contribution in [1.29, 1.82) is 0 Å². The summed E-state index contributed by atoms with van der Waals surface area (Å²) in [5.41, 5.74) is 8.95. The van der Waals surface area contributed by atoms with Crippen LogP contribution in [0.3, 0.4) is 0 Å². The van der Waals surface area contributed by atoms with Gasteiger partial charge in [0.2, 0.25) is 0 Å². The first-order chi connectivity index (χ1) is 22.4. The van der Waals surface area contributed by atoms with Crippen LogP contribution in [0.1, 0.15) is 28.7 Å². The van der Waals surface area contributed by atoms with Crippen LogP contribution in [-0.2, 0) is 25.8 Å². The molecule has 0 atom stereocenters. The van der Waals surface area contributed by atoms with Gasteiger partial charge in [-0.05, 0) is 38.0 Å². The van der Waals surface area contributed by atoms with E-state index in [4.69, 9.17) is 4.74 Å². The molecule has 0 fully saturated rings. The van der Waals surface area contributed by atoms with E-state index in [1.54, 1.807) is 0 Å². The Morgan fingerprint density at radius 1 is 0.596 bits per heavy atom. The first kappa shape index (κ1) is 36.8. The van der Waals surface area contributed by atoms with Gasteiger partial charge >= 0.3 is 0 Å². The van der Waals surface area contributed by atoms with Crippen LogP contribution in [0.15, 0.2) is 152 Å². The predicted octanol–water partition coefficient (Wildman–Crippen LogP) is 11.6. The van der Waals surface area contributed by atoms with Gasteiger partial charge in [0.1, 0.15) is 11.5 Å². The minimum atomic E-state index is 0. The van der Waals surface area contributed by atoms with E-state index in [1.165, 1.54) is 5.56 Å². The number of aryl methyl sites for hydroxylation is 2. The molecule has 0 aliphatic carbocycles. The minimum Gasteiger partial charge on any atom is -0.684 e. The molecule has 1 N–H and O–H groups in total. The number of hydrogen-bond acceptors (Lipinski definition) is 2. The van der Waals surface area contributed by atoms with Crippen LogP contribution >= 0.6 is 0 Å². The molecule has 0 saturated carbocycles. The third kappa shape index (κ3) is 11.9. The molecule has 238 valence electrons. The predicted molar refractivity (Wildman–Crippen MR) is 195 cm³/mol. The van der Waals surface area contributed by atoms with Gasteiger partial charge in [-0.2, -0.15) is 49.2 Å². The van der Waals surface area contributed by atoms with Crippen molar-refractivity contribution >= 4 is 5.69 Å². The van der Waals surface area contributed by atoms with Gasteiger partial charge in [-0.1, -0.05) is 102 Å². The maximum Gasteiger partial charge on any atom is 0.131 e. The fraction of sp³-hybridized carbons (Fsp3) is 0.116. The Bertz CT molecular complexity index is 1720. The van der Waals surface area contributed by atoms with Crippen LogP contribution < -0.4 is 4.74 Å². The summed E-state index contributed by atoms with van der Waals surface area (Å²) in [6.45, 7) is 12.8. The molecule has 3 nitrogen and oxygen atoms in total. The minimum absolute atomic E-state index is 0. The zero-order chi connectivity index (χ0) is 32.6. The maximum absolute atomic E-state index is 11.1. The molecular formula is C43H42HfNO2-3. The Morgan fingerprint density at radius 2 is 1.15 bits per heavy atom. The van der Waals surface area contributed by atoms with Crippen molar-refractivity contribution in [1.82, 2.24) is 0 Å². The number of ether oxygens (including phenoxy) is 1. The second-order valence-corrected chi connectivity index (χ2v) is 10.9. The Labute approximate surface area is 300 Å². The standard InChI is InChI=1S/C29H28NO2.2C7H7.Hf/c1-21-16-17-28(32-19-9-18-30-27-15-7-6-10-22(27)2)26(20-21)25-14-8-13-24(29(25)31)23-11-4-3-5-12-23;2*1-7-5-3-2-4-6-7;/h3-8,10-17,20,31H,9,18-19H2,1-2H3;2*2-6H,1H2;/q3*-1;. The van der Waals surface area contributed by atoms with Crippen LogP contribution in [0.4, 0.5) is 5.69 Å². The number of aromatic hydroxyl groups is 1. The van der Waals surface area contributed by atoms with Crippen molar-refractivity contribution in [3.05, 3.63) is 193 Å². The van der Waals surface area contributed by atoms with Gasteiger partial charge in [0.25, 0.3) is 0 Å². The molecule has 0 amide bonds. The van der Waals surface area contributed by atoms with Gasteiger partial charge in [-0.25, -0.2) is 0 Å². The SMILES string of the molecule is Cc1ccc(OCCC[N-]c2ccccc2C)c(-c2cccc(-c3ccccc3)c2O)c1.[CH2-]c1ccccc1.[CH2-]c1ccccc1.[Hf]. The first-order valence-electron chi connectivity index (χ1n) is 15.5. The van der Waals surface area contributed by atoms with Crippen molar-refractivity contribution in [2.75, 3.05) is 13.2 Å². The Morgan fingerprint density at radius 3 is 1.72 bits per heavy atom. The molecule has 0 heterocycles. The fourth-order valence-corrected chi connectivity index (χ4v) is 4.73. The Hall–Kier alpha value is -4.67. The molecule has 0 bridgehead atoms. The molecule has 0 aliphatic heterocycles. The van der Waals surface area contributed by atoms with Crippen molar-refractivity contribution in [3.63, 3.8) is 0 Å². The number of rotatable bonds is 8. The summed E-state index contributed by atoms with van der Waals surface area (Å²) in [4.78, 5) is 0. The van der Waals surface area contributed by atoms with E-state index in [-0.39, 0.29) is 31.6 Å². The van der Waals surface area contributed by atoms with E-state index in [0.717, 1.165) is 56.8 Å². The third-order valence-electron chi connectivity index (χ3n) is 7.19. The molecule has 4 heteroatoms. The van der Waals surface area contributed by atoms with E-state index in [9.17, 15) is 5.11 Å². The molecule has 0 unspecified atom stereocenters. The average Bonchev–Trinajstić information content (AvgIpc) is 3.08. The number of benzene rings is 6. The van der Waals surface area contributed by atoms with Gasteiger partial charge in [-0.15, -0.1) is 36.5 Å². The second-order valence-electron chi connectivity index (χ2n) is 10.9. The Kier molecular flexibility index (Phi) is 15.5. The van der Waals surface area contributed by atoms with Gasteiger partial charge < -0.3 is 15.2 Å². The quantitative estimate of drug-likeness (QED) is 0.0949. The largest absolute Gasteiger partial charge is 0.684 e. The molecule has 0 aromatic heterocycles. The van der Waals surface area contributed by atoms with Gasteiger partial charge in [-0.3, -0.25) is 0 Å². The third-order valence-corrected chi connectivity index (χ3v) is 7.19. The molecule has 0 aliphatic rings. The zero-order valence-corrected chi connectivity index (χ0v) is 30.9. The smallest absolute Gasteiger partial charge is 0.131 e.